The summed E-state index contributed by atoms with van der Waals surface area (Å²) in [6.45, 7) is 3.09. The van der Waals surface area contributed by atoms with Crippen LogP contribution in [0.1, 0.15) is 30.1 Å². The highest BCUT2D eigenvalue weighted by Crippen LogP contribution is 2.27. The minimum absolute atomic E-state index is 0.478. The topological polar surface area (TPSA) is 46.8 Å². The van der Waals surface area contributed by atoms with Crippen molar-refractivity contribution in [3.63, 3.8) is 0 Å². The van der Waals surface area contributed by atoms with Crippen LogP contribution in [0.25, 0.3) is 5.82 Å². The van der Waals surface area contributed by atoms with Gasteiger partial charge in [-0.3, -0.25) is 14.5 Å². The van der Waals surface area contributed by atoms with E-state index < -0.39 is 0 Å². The van der Waals surface area contributed by atoms with Crippen molar-refractivity contribution in [2.24, 2.45) is 0 Å². The van der Waals surface area contributed by atoms with Crippen LogP contribution in [0.5, 0.6) is 0 Å². The maximum Gasteiger partial charge on any atom is 0.138 e. The molecule has 3 aromatic rings. The van der Waals surface area contributed by atoms with E-state index in [4.69, 9.17) is 4.98 Å². The summed E-state index contributed by atoms with van der Waals surface area (Å²) in [4.78, 5) is 15.9. The maximum absolute atomic E-state index is 4.86. The van der Waals surface area contributed by atoms with Crippen LogP contribution >= 0.6 is 0 Å². The van der Waals surface area contributed by atoms with Gasteiger partial charge >= 0.3 is 0 Å². The molecule has 0 amide bonds. The molecule has 24 heavy (non-hydrogen) atoms. The van der Waals surface area contributed by atoms with E-state index in [0.29, 0.717) is 5.92 Å². The molecule has 1 fully saturated rings. The van der Waals surface area contributed by atoms with Crippen LogP contribution in [0.3, 0.4) is 0 Å². The second-order valence-electron chi connectivity index (χ2n) is 6.29. The Morgan fingerprint density at radius 2 is 2.08 bits per heavy atom. The molecule has 4 rings (SSSR count). The van der Waals surface area contributed by atoms with Gasteiger partial charge in [-0.2, -0.15) is 0 Å². The average molecular weight is 319 g/mol. The molecule has 1 aliphatic rings. The number of pyridine rings is 2. The first-order valence-electron chi connectivity index (χ1n) is 8.46. The summed E-state index contributed by atoms with van der Waals surface area (Å²) >= 11 is 0. The number of hydrogen-bond acceptors (Lipinski definition) is 4. The predicted molar refractivity (Wildman–Crippen MR) is 92.8 cm³/mol. The van der Waals surface area contributed by atoms with Gasteiger partial charge in [0.05, 0.1) is 5.69 Å². The van der Waals surface area contributed by atoms with E-state index in [9.17, 15) is 0 Å². The average Bonchev–Trinajstić information content (AvgIpc) is 3.18. The van der Waals surface area contributed by atoms with Gasteiger partial charge in [-0.05, 0) is 43.7 Å². The highest BCUT2D eigenvalue weighted by Gasteiger charge is 2.22. The standard InChI is InChI=1S/C19H21N5/c1-2-9-21-17(6-1)14-23-11-4-5-16(13-23)18-7-3-8-19(22-18)24-12-10-20-15-24/h1-3,6-10,12,15-16H,4-5,11,13-14H2/t16-/m0/s1. The van der Waals surface area contributed by atoms with Gasteiger partial charge < -0.3 is 0 Å². The third kappa shape index (κ3) is 3.36. The van der Waals surface area contributed by atoms with Crippen molar-refractivity contribution in [3.05, 3.63) is 72.7 Å². The van der Waals surface area contributed by atoms with Crippen LogP contribution < -0.4 is 0 Å². The van der Waals surface area contributed by atoms with Gasteiger partial charge in [0.25, 0.3) is 0 Å². The smallest absolute Gasteiger partial charge is 0.138 e. The maximum atomic E-state index is 4.86. The zero-order valence-electron chi connectivity index (χ0n) is 13.6. The second-order valence-corrected chi connectivity index (χ2v) is 6.29. The molecule has 0 aromatic carbocycles. The Kier molecular flexibility index (Phi) is 4.34. The van der Waals surface area contributed by atoms with Crippen molar-refractivity contribution in [1.82, 2.24) is 24.4 Å². The molecule has 5 heteroatoms. The SMILES string of the molecule is c1ccc(CN2CCC[C@H](c3cccc(-n4ccnc4)n3)C2)nc1. The quantitative estimate of drug-likeness (QED) is 0.741. The van der Waals surface area contributed by atoms with Crippen LogP contribution in [0.4, 0.5) is 0 Å². The number of rotatable bonds is 4. The fraction of sp³-hybridized carbons (Fsp3) is 0.316. The van der Waals surface area contributed by atoms with Gasteiger partial charge in [0, 0.05) is 43.3 Å². The summed E-state index contributed by atoms with van der Waals surface area (Å²) in [6, 6.07) is 12.4. The highest BCUT2D eigenvalue weighted by atomic mass is 15.1. The van der Waals surface area contributed by atoms with E-state index in [-0.39, 0.29) is 0 Å². The van der Waals surface area contributed by atoms with Crippen LogP contribution in [0.15, 0.2) is 61.3 Å². The molecule has 0 N–H and O–H groups in total. The van der Waals surface area contributed by atoms with Gasteiger partial charge in [0.2, 0.25) is 0 Å². The molecule has 0 aliphatic carbocycles. The third-order valence-corrected chi connectivity index (χ3v) is 4.56. The first-order chi connectivity index (χ1) is 11.9. The zero-order valence-corrected chi connectivity index (χ0v) is 13.6. The molecule has 0 unspecified atom stereocenters. The first-order valence-corrected chi connectivity index (χ1v) is 8.46. The minimum atomic E-state index is 0.478. The summed E-state index contributed by atoms with van der Waals surface area (Å²) in [6.07, 6.45) is 9.77. The zero-order chi connectivity index (χ0) is 16.2. The van der Waals surface area contributed by atoms with Gasteiger partial charge in [-0.25, -0.2) is 9.97 Å². The van der Waals surface area contributed by atoms with Crippen LogP contribution in [-0.4, -0.2) is 37.5 Å². The summed E-state index contributed by atoms with van der Waals surface area (Å²) < 4.78 is 1.96. The fourth-order valence-electron chi connectivity index (χ4n) is 3.37. The summed E-state index contributed by atoms with van der Waals surface area (Å²) in [5.41, 5.74) is 2.31. The Balaban J connectivity index is 1.49. The lowest BCUT2D eigenvalue weighted by Crippen LogP contribution is -2.34. The summed E-state index contributed by atoms with van der Waals surface area (Å²) in [5, 5.41) is 0. The number of piperidine rings is 1. The summed E-state index contributed by atoms with van der Waals surface area (Å²) in [5.74, 6) is 1.41. The van der Waals surface area contributed by atoms with E-state index in [1.54, 1.807) is 12.5 Å². The van der Waals surface area contributed by atoms with E-state index in [1.165, 1.54) is 18.5 Å². The summed E-state index contributed by atoms with van der Waals surface area (Å²) in [7, 11) is 0. The number of nitrogens with zero attached hydrogens (tertiary/aromatic N) is 5. The minimum Gasteiger partial charge on any atom is -0.297 e. The van der Waals surface area contributed by atoms with Gasteiger partial charge in [0.1, 0.15) is 12.1 Å². The number of imidazole rings is 1. The van der Waals surface area contributed by atoms with E-state index in [2.05, 4.69) is 39.1 Å². The van der Waals surface area contributed by atoms with Gasteiger partial charge in [0.15, 0.2) is 0 Å². The van der Waals surface area contributed by atoms with Crippen LogP contribution in [0.2, 0.25) is 0 Å². The highest BCUT2D eigenvalue weighted by molar-refractivity contribution is 5.26. The predicted octanol–water partition coefficient (Wildman–Crippen LogP) is 3.04. The second kappa shape index (κ2) is 6.93. The fourth-order valence-corrected chi connectivity index (χ4v) is 3.37. The lowest BCUT2D eigenvalue weighted by atomic mass is 9.94. The van der Waals surface area contributed by atoms with Crippen molar-refractivity contribution in [3.8, 4) is 5.82 Å². The molecule has 0 radical (unpaired) electrons. The molecule has 5 nitrogen and oxygen atoms in total. The van der Waals surface area contributed by atoms with Crippen molar-refractivity contribution in [2.75, 3.05) is 13.1 Å². The number of hydrogen-bond donors (Lipinski definition) is 0. The van der Waals surface area contributed by atoms with Crippen molar-refractivity contribution >= 4 is 0 Å². The van der Waals surface area contributed by atoms with Gasteiger partial charge in [-0.15, -0.1) is 0 Å². The molecule has 122 valence electrons. The molecule has 0 bridgehead atoms. The molecule has 1 saturated heterocycles. The van der Waals surface area contributed by atoms with E-state index in [1.807, 2.05) is 29.1 Å². The Hall–Kier alpha value is -2.53. The van der Waals surface area contributed by atoms with Crippen molar-refractivity contribution in [2.45, 2.75) is 25.3 Å². The van der Waals surface area contributed by atoms with Crippen LogP contribution in [-0.2, 0) is 6.54 Å². The van der Waals surface area contributed by atoms with Crippen LogP contribution in [0, 0.1) is 0 Å². The van der Waals surface area contributed by atoms with Crippen molar-refractivity contribution in [1.29, 1.82) is 0 Å². The first kappa shape index (κ1) is 15.0. The molecule has 3 aromatic heterocycles. The molecular formula is C19H21N5. The lowest BCUT2D eigenvalue weighted by Gasteiger charge is -2.32. The Morgan fingerprint density at radius 1 is 1.08 bits per heavy atom. The van der Waals surface area contributed by atoms with E-state index in [0.717, 1.165) is 31.1 Å². The Labute approximate surface area is 142 Å². The molecule has 0 saturated carbocycles. The third-order valence-electron chi connectivity index (χ3n) is 4.56. The number of likely N-dealkylation sites (tertiary alicyclic amines) is 1. The molecule has 1 aliphatic heterocycles. The van der Waals surface area contributed by atoms with Gasteiger partial charge in [-0.1, -0.05) is 12.1 Å². The Bertz CT molecular complexity index is 769. The molecule has 4 heterocycles. The molecular weight excluding hydrogens is 298 g/mol. The lowest BCUT2D eigenvalue weighted by molar-refractivity contribution is 0.196. The molecule has 1 atom stereocenters. The van der Waals surface area contributed by atoms with Crippen molar-refractivity contribution < 1.29 is 0 Å². The molecule has 0 spiro atoms. The normalized spacial score (nSPS) is 18.6. The number of aromatic nitrogens is 4. The van der Waals surface area contributed by atoms with E-state index >= 15 is 0 Å². The largest absolute Gasteiger partial charge is 0.297 e. The monoisotopic (exact) mass is 319 g/mol. The Morgan fingerprint density at radius 3 is 2.92 bits per heavy atom.